The monoisotopic (exact) mass is 160 g/mol. The molecule has 68 valence electrons. The van der Waals surface area contributed by atoms with Crippen LogP contribution in [0.3, 0.4) is 0 Å². The second kappa shape index (κ2) is 6.58. The first kappa shape index (κ1) is 10.9. The number of hydrogen-bond acceptors (Lipinski definition) is 3. The van der Waals surface area contributed by atoms with Crippen LogP contribution in [0.1, 0.15) is 13.3 Å². The molecule has 0 saturated carbocycles. The second-order valence-electron chi connectivity index (χ2n) is 3.09. The fourth-order valence-corrected chi connectivity index (χ4v) is 0.698. The minimum absolute atomic E-state index is 0.281. The zero-order valence-corrected chi connectivity index (χ0v) is 7.80. The molecule has 0 amide bonds. The Morgan fingerprint density at radius 3 is 2.55 bits per heavy atom. The first-order chi connectivity index (χ1) is 5.18. The van der Waals surface area contributed by atoms with Crippen LogP contribution in [0.25, 0.3) is 0 Å². The highest BCUT2D eigenvalue weighted by molar-refractivity contribution is 4.62. The summed E-state index contributed by atoms with van der Waals surface area (Å²) in [5, 5.41) is 11.8. The summed E-state index contributed by atoms with van der Waals surface area (Å²) in [6.07, 6.45) is 0.847. The molecule has 0 spiro atoms. The standard InChI is InChI=1S/C8H20N2O/c1-8(10(2)3)7-9-5-4-6-11/h8-9,11H,4-7H2,1-3H3. The van der Waals surface area contributed by atoms with E-state index in [2.05, 4.69) is 31.2 Å². The summed E-state index contributed by atoms with van der Waals surface area (Å²) in [6, 6.07) is 0.564. The lowest BCUT2D eigenvalue weighted by Crippen LogP contribution is -2.35. The topological polar surface area (TPSA) is 35.5 Å². The van der Waals surface area contributed by atoms with Crippen molar-refractivity contribution < 1.29 is 5.11 Å². The van der Waals surface area contributed by atoms with Crippen LogP contribution in [0.4, 0.5) is 0 Å². The van der Waals surface area contributed by atoms with Gasteiger partial charge in [0, 0.05) is 19.2 Å². The van der Waals surface area contributed by atoms with Gasteiger partial charge in [-0.3, -0.25) is 0 Å². The van der Waals surface area contributed by atoms with E-state index in [4.69, 9.17) is 5.11 Å². The van der Waals surface area contributed by atoms with E-state index in [1.807, 2.05) is 0 Å². The average molecular weight is 160 g/mol. The van der Waals surface area contributed by atoms with Crippen molar-refractivity contribution in [1.29, 1.82) is 0 Å². The van der Waals surface area contributed by atoms with Gasteiger partial charge in [-0.25, -0.2) is 0 Å². The number of likely N-dealkylation sites (N-methyl/N-ethyl adjacent to an activating group) is 1. The molecule has 0 heterocycles. The van der Waals surface area contributed by atoms with Crippen molar-refractivity contribution in [2.24, 2.45) is 0 Å². The predicted molar refractivity (Wildman–Crippen MR) is 47.7 cm³/mol. The predicted octanol–water partition coefficient (Wildman–Crippen LogP) is -0.0915. The van der Waals surface area contributed by atoms with Crippen molar-refractivity contribution in [2.75, 3.05) is 33.8 Å². The largest absolute Gasteiger partial charge is 0.396 e. The molecule has 3 heteroatoms. The fourth-order valence-electron chi connectivity index (χ4n) is 0.698. The zero-order chi connectivity index (χ0) is 8.69. The van der Waals surface area contributed by atoms with Crippen LogP contribution in [-0.4, -0.2) is 49.8 Å². The van der Waals surface area contributed by atoms with Gasteiger partial charge in [0.25, 0.3) is 0 Å². The highest BCUT2D eigenvalue weighted by atomic mass is 16.3. The van der Waals surface area contributed by atoms with Gasteiger partial charge in [-0.15, -0.1) is 0 Å². The Morgan fingerprint density at radius 2 is 2.09 bits per heavy atom. The Kier molecular flexibility index (Phi) is 6.51. The Balaban J connectivity index is 3.10. The summed E-state index contributed by atoms with van der Waals surface area (Å²) in [6.45, 7) is 4.36. The highest BCUT2D eigenvalue weighted by Gasteiger charge is 2.01. The van der Waals surface area contributed by atoms with Crippen LogP contribution in [0, 0.1) is 0 Å². The SMILES string of the molecule is CC(CNCCCO)N(C)C. The second-order valence-corrected chi connectivity index (χ2v) is 3.09. The van der Waals surface area contributed by atoms with Crippen molar-refractivity contribution in [3.05, 3.63) is 0 Å². The molecule has 0 aromatic carbocycles. The van der Waals surface area contributed by atoms with Crippen LogP contribution in [0.5, 0.6) is 0 Å². The third kappa shape index (κ3) is 6.28. The summed E-state index contributed by atoms with van der Waals surface area (Å²) < 4.78 is 0. The van der Waals surface area contributed by atoms with E-state index >= 15 is 0 Å². The molecule has 0 aromatic heterocycles. The summed E-state index contributed by atoms with van der Waals surface area (Å²) in [5.74, 6) is 0. The number of rotatable bonds is 6. The first-order valence-corrected chi connectivity index (χ1v) is 4.16. The minimum atomic E-state index is 0.281. The Bertz CT molecular complexity index is 86.2. The van der Waals surface area contributed by atoms with Crippen LogP contribution in [-0.2, 0) is 0 Å². The van der Waals surface area contributed by atoms with Gasteiger partial charge in [0.15, 0.2) is 0 Å². The van der Waals surface area contributed by atoms with Gasteiger partial charge >= 0.3 is 0 Å². The van der Waals surface area contributed by atoms with E-state index in [0.29, 0.717) is 6.04 Å². The maximum atomic E-state index is 8.49. The van der Waals surface area contributed by atoms with Gasteiger partial charge < -0.3 is 15.3 Å². The maximum Gasteiger partial charge on any atom is 0.0443 e. The van der Waals surface area contributed by atoms with Crippen molar-refractivity contribution in [3.63, 3.8) is 0 Å². The molecule has 0 rings (SSSR count). The summed E-state index contributed by atoms with van der Waals surface area (Å²) in [4.78, 5) is 2.17. The van der Waals surface area contributed by atoms with Crippen molar-refractivity contribution >= 4 is 0 Å². The lowest BCUT2D eigenvalue weighted by molar-refractivity contribution is 0.275. The molecule has 1 unspecified atom stereocenters. The van der Waals surface area contributed by atoms with Crippen LogP contribution in [0.2, 0.25) is 0 Å². The van der Waals surface area contributed by atoms with Gasteiger partial charge in [-0.2, -0.15) is 0 Å². The van der Waals surface area contributed by atoms with Crippen molar-refractivity contribution in [1.82, 2.24) is 10.2 Å². The Labute approximate surface area is 69.4 Å². The van der Waals surface area contributed by atoms with Gasteiger partial charge in [-0.1, -0.05) is 0 Å². The third-order valence-corrected chi connectivity index (χ3v) is 1.83. The fraction of sp³-hybridized carbons (Fsp3) is 1.00. The van der Waals surface area contributed by atoms with Crippen LogP contribution >= 0.6 is 0 Å². The Morgan fingerprint density at radius 1 is 1.45 bits per heavy atom. The summed E-state index contributed by atoms with van der Waals surface area (Å²) >= 11 is 0. The highest BCUT2D eigenvalue weighted by Crippen LogP contribution is 1.87. The average Bonchev–Trinajstić information content (AvgIpc) is 1.97. The number of aliphatic hydroxyl groups is 1. The molecular weight excluding hydrogens is 140 g/mol. The number of aliphatic hydroxyl groups excluding tert-OH is 1. The molecule has 11 heavy (non-hydrogen) atoms. The normalized spacial score (nSPS) is 13.9. The molecule has 1 atom stereocenters. The van der Waals surface area contributed by atoms with Crippen LogP contribution < -0.4 is 5.32 Å². The summed E-state index contributed by atoms with van der Waals surface area (Å²) in [7, 11) is 4.14. The Hall–Kier alpha value is -0.120. The molecule has 0 fully saturated rings. The van der Waals surface area contributed by atoms with Crippen molar-refractivity contribution in [2.45, 2.75) is 19.4 Å². The smallest absolute Gasteiger partial charge is 0.0443 e. The molecule has 3 nitrogen and oxygen atoms in total. The zero-order valence-electron chi connectivity index (χ0n) is 7.80. The molecule has 2 N–H and O–H groups in total. The molecule has 0 radical (unpaired) electrons. The molecule has 0 saturated heterocycles. The molecule has 0 aromatic rings. The van der Waals surface area contributed by atoms with Gasteiger partial charge in [0.2, 0.25) is 0 Å². The van der Waals surface area contributed by atoms with E-state index < -0.39 is 0 Å². The molecular formula is C8H20N2O. The maximum absolute atomic E-state index is 8.49. The number of nitrogens with zero attached hydrogens (tertiary/aromatic N) is 1. The van der Waals surface area contributed by atoms with E-state index in [0.717, 1.165) is 19.5 Å². The van der Waals surface area contributed by atoms with Gasteiger partial charge in [0.05, 0.1) is 0 Å². The van der Waals surface area contributed by atoms with Crippen LogP contribution in [0.15, 0.2) is 0 Å². The number of hydrogen-bond donors (Lipinski definition) is 2. The lowest BCUT2D eigenvalue weighted by Gasteiger charge is -2.19. The quantitative estimate of drug-likeness (QED) is 0.533. The van der Waals surface area contributed by atoms with E-state index in [-0.39, 0.29) is 6.61 Å². The first-order valence-electron chi connectivity index (χ1n) is 4.16. The third-order valence-electron chi connectivity index (χ3n) is 1.83. The molecule has 0 aliphatic carbocycles. The minimum Gasteiger partial charge on any atom is -0.396 e. The van der Waals surface area contributed by atoms with E-state index in [1.165, 1.54) is 0 Å². The molecule has 0 bridgehead atoms. The lowest BCUT2D eigenvalue weighted by atomic mass is 10.3. The van der Waals surface area contributed by atoms with E-state index in [9.17, 15) is 0 Å². The van der Waals surface area contributed by atoms with Gasteiger partial charge in [0.1, 0.15) is 0 Å². The van der Waals surface area contributed by atoms with E-state index in [1.54, 1.807) is 0 Å². The number of nitrogens with one attached hydrogen (secondary N) is 1. The van der Waals surface area contributed by atoms with Crippen molar-refractivity contribution in [3.8, 4) is 0 Å². The molecule has 0 aliphatic rings. The summed E-state index contributed by atoms with van der Waals surface area (Å²) in [5.41, 5.74) is 0. The molecule has 0 aliphatic heterocycles. The van der Waals surface area contributed by atoms with Gasteiger partial charge in [-0.05, 0) is 34.0 Å².